The number of aryl methyl sites for hydroxylation is 1. The van der Waals surface area contributed by atoms with Crippen molar-refractivity contribution in [2.24, 2.45) is 11.8 Å². The second kappa shape index (κ2) is 5.69. The molecule has 2 fully saturated rings. The Labute approximate surface area is 127 Å². The number of halogens is 1. The zero-order chi connectivity index (χ0) is 15.0. The maximum Gasteiger partial charge on any atom is 0.127 e. The first-order valence-electron chi connectivity index (χ1n) is 8.21. The van der Waals surface area contributed by atoms with Crippen molar-refractivity contribution in [2.45, 2.75) is 51.7 Å². The molecule has 3 atom stereocenters. The Bertz CT molecular complexity index is 518. The minimum absolute atomic E-state index is 0.110. The summed E-state index contributed by atoms with van der Waals surface area (Å²) in [6.45, 7) is 6.66. The lowest BCUT2D eigenvalue weighted by molar-refractivity contribution is -0.0613. The van der Waals surface area contributed by atoms with Gasteiger partial charge in [-0.3, -0.25) is 4.90 Å². The van der Waals surface area contributed by atoms with Crippen LogP contribution in [0.4, 0.5) is 4.39 Å². The van der Waals surface area contributed by atoms with Gasteiger partial charge in [0.25, 0.3) is 0 Å². The first-order valence-corrected chi connectivity index (χ1v) is 8.21. The molecular weight excluding hydrogens is 265 g/mol. The smallest absolute Gasteiger partial charge is 0.127 e. The average Bonchev–Trinajstić information content (AvgIpc) is 2.87. The van der Waals surface area contributed by atoms with Crippen molar-refractivity contribution in [1.82, 2.24) is 4.90 Å². The summed E-state index contributed by atoms with van der Waals surface area (Å²) in [6.07, 6.45) is 4.09. The summed E-state index contributed by atoms with van der Waals surface area (Å²) in [5.41, 5.74) is 1.39. The Hall–Kier alpha value is -0.930. The molecule has 3 heteroatoms. The lowest BCUT2D eigenvalue weighted by Crippen LogP contribution is -2.44. The molecule has 0 unspecified atom stereocenters. The minimum atomic E-state index is -0.497. The summed E-state index contributed by atoms with van der Waals surface area (Å²) in [4.78, 5) is 2.33. The molecule has 0 radical (unpaired) electrons. The van der Waals surface area contributed by atoms with Crippen LogP contribution in [0.15, 0.2) is 18.2 Å². The summed E-state index contributed by atoms with van der Waals surface area (Å²) in [7, 11) is 0. The minimum Gasteiger partial charge on any atom is -0.390 e. The van der Waals surface area contributed by atoms with E-state index in [4.69, 9.17) is 0 Å². The Morgan fingerprint density at radius 3 is 2.95 bits per heavy atom. The summed E-state index contributed by atoms with van der Waals surface area (Å²) in [6, 6.07) is 5.33. The fraction of sp³-hybridized carbons (Fsp3) is 0.667. The molecule has 21 heavy (non-hydrogen) atoms. The fourth-order valence-corrected chi connectivity index (χ4v) is 4.35. The standard InChI is InChI=1S/C18H26FNO/c1-3-18(21)8-4-5-14-10-20(12-16(14)18)11-15-9-13(2)6-7-17(15)19/h6-7,9,14,16,21H,3-5,8,10-12H2,1-2H3/t14-,16+,18-/m1/s1. The number of hydrogen-bond donors (Lipinski definition) is 1. The summed E-state index contributed by atoms with van der Waals surface area (Å²) in [5.74, 6) is 0.835. The Morgan fingerprint density at radius 2 is 2.19 bits per heavy atom. The molecule has 1 N–H and O–H groups in total. The lowest BCUT2D eigenvalue weighted by atomic mass is 9.69. The van der Waals surface area contributed by atoms with Crippen molar-refractivity contribution < 1.29 is 9.50 Å². The monoisotopic (exact) mass is 291 g/mol. The number of hydrogen-bond acceptors (Lipinski definition) is 2. The lowest BCUT2D eigenvalue weighted by Gasteiger charge is -2.40. The number of fused-ring (bicyclic) bond motifs is 1. The third kappa shape index (κ3) is 2.86. The van der Waals surface area contributed by atoms with Crippen molar-refractivity contribution in [3.8, 4) is 0 Å². The Kier molecular flexibility index (Phi) is 4.06. The largest absolute Gasteiger partial charge is 0.390 e. The van der Waals surface area contributed by atoms with Gasteiger partial charge in [0.2, 0.25) is 0 Å². The van der Waals surface area contributed by atoms with Crippen LogP contribution < -0.4 is 0 Å². The van der Waals surface area contributed by atoms with Crippen LogP contribution in [0.1, 0.15) is 43.7 Å². The average molecular weight is 291 g/mol. The SMILES string of the molecule is CC[C@@]1(O)CCC[C@@H]2CN(Cc3cc(C)ccc3F)C[C@@H]21. The number of benzene rings is 1. The first kappa shape index (κ1) is 15.0. The normalized spacial score (nSPS) is 33.1. The zero-order valence-corrected chi connectivity index (χ0v) is 13.1. The molecule has 0 spiro atoms. The number of nitrogens with zero attached hydrogens (tertiary/aromatic N) is 1. The van der Waals surface area contributed by atoms with Gasteiger partial charge in [-0.25, -0.2) is 4.39 Å². The van der Waals surface area contributed by atoms with Gasteiger partial charge in [0.15, 0.2) is 0 Å². The van der Waals surface area contributed by atoms with E-state index in [0.717, 1.165) is 43.5 Å². The van der Waals surface area contributed by atoms with Gasteiger partial charge in [0.05, 0.1) is 5.60 Å². The predicted octanol–water partition coefficient (Wildman–Crippen LogP) is 3.51. The number of likely N-dealkylation sites (tertiary alicyclic amines) is 1. The van der Waals surface area contributed by atoms with Gasteiger partial charge < -0.3 is 5.11 Å². The molecule has 2 nitrogen and oxygen atoms in total. The molecule has 1 saturated heterocycles. The molecule has 1 aromatic carbocycles. The van der Waals surface area contributed by atoms with E-state index < -0.39 is 5.60 Å². The highest BCUT2D eigenvalue weighted by molar-refractivity contribution is 5.24. The van der Waals surface area contributed by atoms with Crippen LogP contribution in [0.2, 0.25) is 0 Å². The molecule has 0 bridgehead atoms. The summed E-state index contributed by atoms with van der Waals surface area (Å²) >= 11 is 0. The van der Waals surface area contributed by atoms with Crippen LogP contribution >= 0.6 is 0 Å². The quantitative estimate of drug-likeness (QED) is 0.921. The third-order valence-electron chi connectivity index (χ3n) is 5.60. The molecule has 1 saturated carbocycles. The molecule has 2 aliphatic rings. The second-order valence-corrected chi connectivity index (χ2v) is 7.00. The molecule has 0 amide bonds. The molecule has 1 heterocycles. The Morgan fingerprint density at radius 1 is 1.38 bits per heavy atom. The second-order valence-electron chi connectivity index (χ2n) is 7.00. The van der Waals surface area contributed by atoms with E-state index in [2.05, 4.69) is 11.8 Å². The van der Waals surface area contributed by atoms with Gasteiger partial charge in [-0.15, -0.1) is 0 Å². The predicted molar refractivity (Wildman–Crippen MR) is 82.5 cm³/mol. The molecular formula is C18H26FNO. The van der Waals surface area contributed by atoms with Gasteiger partial charge in [0.1, 0.15) is 5.82 Å². The third-order valence-corrected chi connectivity index (χ3v) is 5.60. The summed E-state index contributed by atoms with van der Waals surface area (Å²) < 4.78 is 13.9. The fourth-order valence-electron chi connectivity index (χ4n) is 4.35. The maximum absolute atomic E-state index is 13.9. The van der Waals surface area contributed by atoms with Crippen LogP contribution in [0.5, 0.6) is 0 Å². The van der Waals surface area contributed by atoms with Gasteiger partial charge in [-0.05, 0) is 38.2 Å². The Balaban J connectivity index is 1.73. The van der Waals surface area contributed by atoms with E-state index in [-0.39, 0.29) is 5.82 Å². The number of aliphatic hydroxyl groups is 1. The molecule has 1 aliphatic heterocycles. The van der Waals surface area contributed by atoms with Crippen LogP contribution in [-0.2, 0) is 6.54 Å². The van der Waals surface area contributed by atoms with E-state index in [0.29, 0.717) is 18.4 Å². The highest BCUT2D eigenvalue weighted by Crippen LogP contribution is 2.44. The molecule has 0 aromatic heterocycles. The molecule has 116 valence electrons. The van der Waals surface area contributed by atoms with Crippen LogP contribution in [0.3, 0.4) is 0 Å². The van der Waals surface area contributed by atoms with Crippen molar-refractivity contribution in [3.63, 3.8) is 0 Å². The van der Waals surface area contributed by atoms with Crippen molar-refractivity contribution in [3.05, 3.63) is 35.1 Å². The molecule has 3 rings (SSSR count). The van der Waals surface area contributed by atoms with Crippen LogP contribution in [-0.4, -0.2) is 28.7 Å². The van der Waals surface area contributed by atoms with E-state index in [1.807, 2.05) is 19.1 Å². The highest BCUT2D eigenvalue weighted by Gasteiger charge is 2.47. The first-order chi connectivity index (χ1) is 10.0. The topological polar surface area (TPSA) is 23.5 Å². The van der Waals surface area contributed by atoms with Crippen LogP contribution in [0, 0.1) is 24.6 Å². The summed E-state index contributed by atoms with van der Waals surface area (Å²) in [5, 5.41) is 10.8. The number of rotatable bonds is 3. The van der Waals surface area contributed by atoms with Crippen molar-refractivity contribution in [1.29, 1.82) is 0 Å². The van der Waals surface area contributed by atoms with Crippen LogP contribution in [0.25, 0.3) is 0 Å². The van der Waals surface area contributed by atoms with E-state index in [9.17, 15) is 9.50 Å². The van der Waals surface area contributed by atoms with E-state index in [1.165, 1.54) is 6.42 Å². The maximum atomic E-state index is 13.9. The van der Waals surface area contributed by atoms with Gasteiger partial charge in [-0.2, -0.15) is 0 Å². The highest BCUT2D eigenvalue weighted by atomic mass is 19.1. The van der Waals surface area contributed by atoms with E-state index >= 15 is 0 Å². The van der Waals surface area contributed by atoms with Crippen molar-refractivity contribution >= 4 is 0 Å². The van der Waals surface area contributed by atoms with Gasteiger partial charge in [0, 0.05) is 31.1 Å². The molecule has 1 aromatic rings. The van der Waals surface area contributed by atoms with Crippen molar-refractivity contribution in [2.75, 3.05) is 13.1 Å². The molecule has 1 aliphatic carbocycles. The van der Waals surface area contributed by atoms with Gasteiger partial charge in [-0.1, -0.05) is 31.0 Å². The zero-order valence-electron chi connectivity index (χ0n) is 13.1. The van der Waals surface area contributed by atoms with Gasteiger partial charge >= 0.3 is 0 Å². The van der Waals surface area contributed by atoms with E-state index in [1.54, 1.807) is 6.07 Å².